The van der Waals surface area contributed by atoms with Crippen LogP contribution in [-0.4, -0.2) is 30.0 Å². The zero-order chi connectivity index (χ0) is 12.3. The van der Waals surface area contributed by atoms with E-state index >= 15 is 0 Å². The van der Waals surface area contributed by atoms with Crippen LogP contribution < -0.4 is 5.32 Å². The summed E-state index contributed by atoms with van der Waals surface area (Å²) in [6.45, 7) is 7.41. The van der Waals surface area contributed by atoms with Crippen molar-refractivity contribution in [1.29, 1.82) is 0 Å². The van der Waals surface area contributed by atoms with Crippen molar-refractivity contribution in [3.05, 3.63) is 0 Å². The number of hydrogen-bond donors (Lipinski definition) is 1. The number of ketones is 1. The first kappa shape index (κ1) is 14.2. The molecular weight excluding hydrogens is 249 g/mol. The van der Waals surface area contributed by atoms with Crippen LogP contribution in [0.5, 0.6) is 0 Å². The van der Waals surface area contributed by atoms with Crippen molar-refractivity contribution >= 4 is 29.0 Å². The lowest BCUT2D eigenvalue weighted by molar-refractivity contribution is -0.124. The van der Waals surface area contributed by atoms with Gasteiger partial charge in [0, 0.05) is 12.5 Å². The van der Waals surface area contributed by atoms with Crippen LogP contribution in [0.25, 0.3) is 0 Å². The Morgan fingerprint density at radius 3 is 2.62 bits per heavy atom. The third-order valence-corrected chi connectivity index (χ3v) is 3.79. The van der Waals surface area contributed by atoms with E-state index < -0.39 is 4.84 Å². The van der Waals surface area contributed by atoms with Crippen LogP contribution in [0.1, 0.15) is 27.2 Å². The van der Waals surface area contributed by atoms with E-state index in [1.165, 1.54) is 0 Å². The number of hydrogen-bond acceptors (Lipinski definition) is 3. The second-order valence-electron chi connectivity index (χ2n) is 5.00. The molecule has 0 aromatic heterocycles. The van der Waals surface area contributed by atoms with E-state index in [4.69, 9.17) is 27.9 Å². The number of carbonyl (C=O) groups is 1. The van der Waals surface area contributed by atoms with Crippen molar-refractivity contribution in [2.75, 3.05) is 13.3 Å². The molecule has 0 radical (unpaired) electrons. The lowest BCUT2D eigenvalue weighted by Crippen LogP contribution is -2.35. The van der Waals surface area contributed by atoms with E-state index in [0.717, 1.165) is 13.0 Å². The van der Waals surface area contributed by atoms with Crippen molar-refractivity contribution in [3.8, 4) is 0 Å². The molecule has 1 heterocycles. The summed E-state index contributed by atoms with van der Waals surface area (Å²) >= 11 is 11.2. The molecule has 1 fully saturated rings. The minimum absolute atomic E-state index is 0.112. The molecule has 0 aromatic rings. The summed E-state index contributed by atoms with van der Waals surface area (Å²) in [6, 6.07) is 0. The summed E-state index contributed by atoms with van der Waals surface area (Å²) in [5.41, 5.74) is -0.157. The maximum atomic E-state index is 11.7. The summed E-state index contributed by atoms with van der Waals surface area (Å²) in [6.07, 6.45) is 1.00. The lowest BCUT2D eigenvalue weighted by atomic mass is 9.74. The molecule has 16 heavy (non-hydrogen) atoms. The van der Waals surface area contributed by atoms with Gasteiger partial charge < -0.3 is 4.74 Å². The Bertz CT molecular complexity index is 250. The quantitative estimate of drug-likeness (QED) is 0.778. The third kappa shape index (κ3) is 3.59. The zero-order valence-corrected chi connectivity index (χ0v) is 11.4. The Labute approximate surface area is 107 Å². The highest BCUT2D eigenvalue weighted by molar-refractivity contribution is 6.53. The van der Waals surface area contributed by atoms with E-state index in [-0.39, 0.29) is 23.2 Å². The fourth-order valence-electron chi connectivity index (χ4n) is 1.92. The van der Waals surface area contributed by atoms with Crippen molar-refractivity contribution in [2.45, 2.75) is 38.1 Å². The minimum atomic E-state index is -0.933. The SMILES string of the molecule is CC(C(=O)C(Cl)Cl)C(C)(C)CC1CNCO1. The highest BCUT2D eigenvalue weighted by Crippen LogP contribution is 2.35. The molecule has 0 spiro atoms. The number of nitrogens with one attached hydrogen (secondary N) is 1. The first-order chi connectivity index (χ1) is 7.34. The molecule has 2 unspecified atom stereocenters. The summed E-state index contributed by atoms with van der Waals surface area (Å²) in [7, 11) is 0. The van der Waals surface area contributed by atoms with Gasteiger partial charge >= 0.3 is 0 Å². The van der Waals surface area contributed by atoms with E-state index in [1.807, 2.05) is 20.8 Å². The number of halogens is 2. The predicted molar refractivity (Wildman–Crippen MR) is 65.8 cm³/mol. The predicted octanol–water partition coefficient (Wildman–Crippen LogP) is 2.36. The second kappa shape index (κ2) is 5.67. The fourth-order valence-corrected chi connectivity index (χ4v) is 2.30. The van der Waals surface area contributed by atoms with Gasteiger partial charge in [-0.2, -0.15) is 0 Å². The molecule has 1 aliphatic rings. The number of carbonyl (C=O) groups excluding carboxylic acids is 1. The van der Waals surface area contributed by atoms with Crippen LogP contribution in [0, 0.1) is 11.3 Å². The molecule has 1 saturated heterocycles. The van der Waals surface area contributed by atoms with Crippen LogP contribution in [0.3, 0.4) is 0 Å². The maximum absolute atomic E-state index is 11.7. The van der Waals surface area contributed by atoms with Crippen molar-refractivity contribution < 1.29 is 9.53 Å². The molecule has 2 atom stereocenters. The smallest absolute Gasteiger partial charge is 0.168 e. The molecule has 0 saturated carbocycles. The fraction of sp³-hybridized carbons (Fsp3) is 0.909. The highest BCUT2D eigenvalue weighted by Gasteiger charge is 2.36. The Morgan fingerprint density at radius 2 is 2.19 bits per heavy atom. The Balaban J connectivity index is 2.57. The number of Topliss-reactive ketones (excluding diaryl/α,β-unsaturated/α-hetero) is 1. The van der Waals surface area contributed by atoms with E-state index in [9.17, 15) is 4.79 Å². The first-order valence-electron chi connectivity index (χ1n) is 5.49. The Hall–Kier alpha value is 0.170. The number of rotatable bonds is 5. The number of alkyl halides is 2. The van der Waals surface area contributed by atoms with E-state index in [1.54, 1.807) is 0 Å². The van der Waals surface area contributed by atoms with Crippen molar-refractivity contribution in [3.63, 3.8) is 0 Å². The molecule has 0 aromatic carbocycles. The molecule has 5 heteroatoms. The average Bonchev–Trinajstić information content (AvgIpc) is 2.67. The summed E-state index contributed by atoms with van der Waals surface area (Å²) in [5, 5.41) is 3.13. The van der Waals surface area contributed by atoms with Gasteiger partial charge in [-0.15, -0.1) is 0 Å². The van der Waals surface area contributed by atoms with Crippen molar-refractivity contribution in [2.24, 2.45) is 11.3 Å². The van der Waals surface area contributed by atoms with Crippen molar-refractivity contribution in [1.82, 2.24) is 5.32 Å². The average molecular weight is 268 g/mol. The van der Waals surface area contributed by atoms with Gasteiger partial charge in [0.15, 0.2) is 10.6 Å². The van der Waals surface area contributed by atoms with Crippen LogP contribution in [0.4, 0.5) is 0 Å². The van der Waals surface area contributed by atoms with Crippen LogP contribution in [-0.2, 0) is 9.53 Å². The van der Waals surface area contributed by atoms with Crippen LogP contribution in [0.2, 0.25) is 0 Å². The monoisotopic (exact) mass is 267 g/mol. The standard InChI is InChI=1S/C11H19Cl2NO2/c1-7(9(15)10(12)13)11(2,3)4-8-5-14-6-16-8/h7-8,10,14H,4-6H2,1-3H3. The minimum Gasteiger partial charge on any atom is -0.362 e. The van der Waals surface area contributed by atoms with Gasteiger partial charge in [-0.1, -0.05) is 44.0 Å². The summed E-state index contributed by atoms with van der Waals surface area (Å²) < 4.78 is 5.49. The first-order valence-corrected chi connectivity index (χ1v) is 6.36. The third-order valence-electron chi connectivity index (χ3n) is 3.36. The lowest BCUT2D eigenvalue weighted by Gasteiger charge is -2.33. The molecule has 1 rings (SSSR count). The van der Waals surface area contributed by atoms with Gasteiger partial charge in [-0.05, 0) is 11.8 Å². The van der Waals surface area contributed by atoms with Gasteiger partial charge in [0.25, 0.3) is 0 Å². The normalized spacial score (nSPS) is 23.8. The van der Waals surface area contributed by atoms with Gasteiger partial charge in [-0.25, -0.2) is 0 Å². The largest absolute Gasteiger partial charge is 0.362 e. The molecule has 1 N–H and O–H groups in total. The van der Waals surface area contributed by atoms with E-state index in [0.29, 0.717) is 6.73 Å². The topological polar surface area (TPSA) is 38.3 Å². The van der Waals surface area contributed by atoms with Gasteiger partial charge in [0.05, 0.1) is 12.8 Å². The zero-order valence-electron chi connectivity index (χ0n) is 9.93. The molecular formula is C11H19Cl2NO2. The highest BCUT2D eigenvalue weighted by atomic mass is 35.5. The Morgan fingerprint density at radius 1 is 1.56 bits per heavy atom. The van der Waals surface area contributed by atoms with E-state index in [2.05, 4.69) is 5.32 Å². The maximum Gasteiger partial charge on any atom is 0.168 e. The van der Waals surface area contributed by atoms with Crippen LogP contribution >= 0.6 is 23.2 Å². The molecule has 0 bridgehead atoms. The summed E-state index contributed by atoms with van der Waals surface area (Å²) in [5.74, 6) is -0.281. The Kier molecular flexibility index (Phi) is 5.05. The molecule has 0 amide bonds. The molecule has 0 aliphatic carbocycles. The molecule has 1 aliphatic heterocycles. The summed E-state index contributed by atoms with van der Waals surface area (Å²) in [4.78, 5) is 10.8. The molecule has 3 nitrogen and oxygen atoms in total. The second-order valence-corrected chi connectivity index (χ2v) is 6.10. The molecule has 94 valence electrons. The van der Waals surface area contributed by atoms with Gasteiger partial charge in [0.2, 0.25) is 0 Å². The van der Waals surface area contributed by atoms with Gasteiger partial charge in [0.1, 0.15) is 0 Å². The number of ether oxygens (including phenoxy) is 1. The van der Waals surface area contributed by atoms with Gasteiger partial charge in [-0.3, -0.25) is 10.1 Å². The van der Waals surface area contributed by atoms with Crippen LogP contribution in [0.15, 0.2) is 0 Å².